The molecule has 0 saturated heterocycles. The first-order chi connectivity index (χ1) is 10.7. The molecule has 22 heavy (non-hydrogen) atoms. The Kier molecular flexibility index (Phi) is 6.08. The topological polar surface area (TPSA) is 70.6 Å². The summed E-state index contributed by atoms with van der Waals surface area (Å²) in [6.07, 6.45) is 1.54. The predicted molar refractivity (Wildman–Crippen MR) is 93.7 cm³/mol. The van der Waals surface area contributed by atoms with E-state index in [4.69, 9.17) is 0 Å². The minimum Gasteiger partial charge on any atom is -0.343 e. The molecule has 5 nitrogen and oxygen atoms in total. The van der Waals surface area contributed by atoms with Gasteiger partial charge in [-0.05, 0) is 40.3 Å². The molecule has 0 saturated carbocycles. The number of nitrogens with one attached hydrogen (secondary N) is 2. The van der Waals surface area contributed by atoms with E-state index in [0.717, 1.165) is 9.13 Å². The third-order valence-electron chi connectivity index (χ3n) is 2.73. The summed E-state index contributed by atoms with van der Waals surface area (Å²) < 4.78 is 0.833. The Morgan fingerprint density at radius 1 is 1.05 bits per heavy atom. The van der Waals surface area contributed by atoms with Crippen LogP contribution in [0.1, 0.15) is 15.9 Å². The van der Waals surface area contributed by atoms with Crippen molar-refractivity contribution in [3.05, 3.63) is 69.3 Å². The Morgan fingerprint density at radius 2 is 1.73 bits per heavy atom. The van der Waals surface area contributed by atoms with Gasteiger partial charge in [-0.15, -0.1) is 0 Å². The number of hydrogen-bond acceptors (Lipinski definition) is 3. The smallest absolute Gasteiger partial charge is 0.259 e. The third-order valence-corrected chi connectivity index (χ3v) is 3.67. The van der Waals surface area contributed by atoms with Crippen LogP contribution in [0.4, 0.5) is 0 Å². The summed E-state index contributed by atoms with van der Waals surface area (Å²) in [5, 5.41) is 6.39. The highest BCUT2D eigenvalue weighted by molar-refractivity contribution is 14.1. The molecule has 0 aliphatic carbocycles. The third kappa shape index (κ3) is 4.96. The minimum atomic E-state index is -0.383. The first kappa shape index (κ1) is 16.2. The van der Waals surface area contributed by atoms with Crippen LogP contribution in [-0.2, 0) is 4.79 Å². The highest BCUT2D eigenvalue weighted by Gasteiger charge is 2.10. The second kappa shape index (κ2) is 8.28. The fourth-order valence-electron chi connectivity index (χ4n) is 1.66. The summed E-state index contributed by atoms with van der Waals surface area (Å²) in [4.78, 5) is 23.5. The van der Waals surface area contributed by atoms with Gasteiger partial charge in [-0.25, -0.2) is 5.43 Å². The largest absolute Gasteiger partial charge is 0.343 e. The summed E-state index contributed by atoms with van der Waals surface area (Å²) in [6.45, 7) is -0.129. The van der Waals surface area contributed by atoms with Gasteiger partial charge in [0, 0.05) is 3.57 Å². The van der Waals surface area contributed by atoms with Crippen molar-refractivity contribution in [3.63, 3.8) is 0 Å². The number of carbonyl (C=O) groups excluding carboxylic acids is 2. The van der Waals surface area contributed by atoms with Crippen molar-refractivity contribution in [1.82, 2.24) is 10.7 Å². The number of hydrogen-bond donors (Lipinski definition) is 2. The predicted octanol–water partition coefficient (Wildman–Crippen LogP) is 2.17. The van der Waals surface area contributed by atoms with E-state index in [2.05, 4.69) is 38.4 Å². The van der Waals surface area contributed by atoms with Crippen LogP contribution in [0.15, 0.2) is 59.7 Å². The normalized spacial score (nSPS) is 10.4. The number of amides is 2. The van der Waals surface area contributed by atoms with E-state index >= 15 is 0 Å². The van der Waals surface area contributed by atoms with Gasteiger partial charge < -0.3 is 5.32 Å². The molecule has 112 valence electrons. The number of hydrazone groups is 1. The summed E-state index contributed by atoms with van der Waals surface area (Å²) in [5.74, 6) is -0.668. The van der Waals surface area contributed by atoms with Crippen LogP contribution in [0.2, 0.25) is 0 Å². The second-order valence-electron chi connectivity index (χ2n) is 4.37. The standard InChI is InChI=1S/C16H14IN3O2/c17-14-9-5-4-8-13(14)16(22)18-11-15(21)20-19-10-12-6-2-1-3-7-12/h1-10H,11H2,(H,18,22)(H,20,21). The average Bonchev–Trinajstić information content (AvgIpc) is 2.54. The molecule has 0 spiro atoms. The maximum Gasteiger partial charge on any atom is 0.259 e. The van der Waals surface area contributed by atoms with E-state index in [1.54, 1.807) is 18.3 Å². The van der Waals surface area contributed by atoms with Crippen LogP contribution in [0.25, 0.3) is 0 Å². The Morgan fingerprint density at radius 3 is 2.45 bits per heavy atom. The summed E-state index contributed by atoms with van der Waals surface area (Å²) >= 11 is 2.08. The second-order valence-corrected chi connectivity index (χ2v) is 5.53. The fourth-order valence-corrected chi connectivity index (χ4v) is 2.29. The molecule has 2 aromatic rings. The van der Waals surface area contributed by atoms with Gasteiger partial charge in [-0.3, -0.25) is 9.59 Å². The molecule has 2 amide bonds. The Labute approximate surface area is 141 Å². The maximum atomic E-state index is 11.9. The molecule has 6 heteroatoms. The number of nitrogens with zero attached hydrogens (tertiary/aromatic N) is 1. The van der Waals surface area contributed by atoms with Crippen molar-refractivity contribution in [2.45, 2.75) is 0 Å². The van der Waals surface area contributed by atoms with Crippen LogP contribution >= 0.6 is 22.6 Å². The zero-order chi connectivity index (χ0) is 15.8. The molecular weight excluding hydrogens is 393 g/mol. The average molecular weight is 407 g/mol. The van der Waals surface area contributed by atoms with Gasteiger partial charge in [0.25, 0.3) is 11.8 Å². The number of benzene rings is 2. The van der Waals surface area contributed by atoms with E-state index in [0.29, 0.717) is 5.56 Å². The van der Waals surface area contributed by atoms with Crippen molar-refractivity contribution in [2.24, 2.45) is 5.10 Å². The molecule has 0 unspecified atom stereocenters. The van der Waals surface area contributed by atoms with Crippen LogP contribution < -0.4 is 10.7 Å². The highest BCUT2D eigenvalue weighted by Crippen LogP contribution is 2.10. The van der Waals surface area contributed by atoms with Gasteiger partial charge >= 0.3 is 0 Å². The number of rotatable bonds is 5. The van der Waals surface area contributed by atoms with Crippen molar-refractivity contribution in [3.8, 4) is 0 Å². The van der Waals surface area contributed by atoms with Crippen molar-refractivity contribution >= 4 is 40.6 Å². The van der Waals surface area contributed by atoms with Gasteiger partial charge in [-0.2, -0.15) is 5.10 Å². The number of carbonyl (C=O) groups is 2. The summed E-state index contributed by atoms with van der Waals surface area (Å²) in [7, 11) is 0. The molecule has 0 bridgehead atoms. The molecule has 2 N–H and O–H groups in total. The Balaban J connectivity index is 1.80. The van der Waals surface area contributed by atoms with Gasteiger partial charge in [0.15, 0.2) is 0 Å². The van der Waals surface area contributed by atoms with Gasteiger partial charge in [0.05, 0.1) is 18.3 Å². The summed E-state index contributed by atoms with van der Waals surface area (Å²) in [5.41, 5.74) is 3.79. The zero-order valence-electron chi connectivity index (χ0n) is 11.6. The monoisotopic (exact) mass is 407 g/mol. The van der Waals surface area contributed by atoms with Crippen LogP contribution in [0.5, 0.6) is 0 Å². The van der Waals surface area contributed by atoms with Gasteiger partial charge in [-0.1, -0.05) is 42.5 Å². The van der Waals surface area contributed by atoms with Crippen LogP contribution in [0, 0.1) is 3.57 Å². The number of halogens is 1. The van der Waals surface area contributed by atoms with Crippen molar-refractivity contribution in [1.29, 1.82) is 0 Å². The van der Waals surface area contributed by atoms with E-state index < -0.39 is 0 Å². The molecule has 2 aromatic carbocycles. The SMILES string of the molecule is O=C(CNC(=O)c1ccccc1I)NN=Cc1ccccc1. The molecule has 0 radical (unpaired) electrons. The lowest BCUT2D eigenvalue weighted by atomic mass is 10.2. The van der Waals surface area contributed by atoms with E-state index in [1.807, 2.05) is 42.5 Å². The lowest BCUT2D eigenvalue weighted by Gasteiger charge is -2.05. The molecule has 0 fully saturated rings. The van der Waals surface area contributed by atoms with E-state index in [9.17, 15) is 9.59 Å². The molecule has 0 aliphatic heterocycles. The lowest BCUT2D eigenvalue weighted by Crippen LogP contribution is -2.35. The molecule has 0 atom stereocenters. The Hall–Kier alpha value is -2.22. The first-order valence-electron chi connectivity index (χ1n) is 6.56. The maximum absolute atomic E-state index is 11.9. The Bertz CT molecular complexity index is 687. The molecule has 2 rings (SSSR count). The van der Waals surface area contributed by atoms with Gasteiger partial charge in [0.2, 0.25) is 0 Å². The molecule has 0 heterocycles. The highest BCUT2D eigenvalue weighted by atomic mass is 127. The molecular formula is C16H14IN3O2. The quantitative estimate of drug-likeness (QED) is 0.453. The van der Waals surface area contributed by atoms with Crippen LogP contribution in [-0.4, -0.2) is 24.6 Å². The first-order valence-corrected chi connectivity index (χ1v) is 7.64. The van der Waals surface area contributed by atoms with E-state index in [1.165, 1.54) is 0 Å². The van der Waals surface area contributed by atoms with E-state index in [-0.39, 0.29) is 18.4 Å². The minimum absolute atomic E-state index is 0.129. The van der Waals surface area contributed by atoms with Crippen LogP contribution in [0.3, 0.4) is 0 Å². The summed E-state index contributed by atoms with van der Waals surface area (Å²) in [6, 6.07) is 16.6. The molecule has 0 aliphatic rings. The zero-order valence-corrected chi connectivity index (χ0v) is 13.8. The fraction of sp³-hybridized carbons (Fsp3) is 0.0625. The van der Waals surface area contributed by atoms with Crippen molar-refractivity contribution < 1.29 is 9.59 Å². The van der Waals surface area contributed by atoms with Gasteiger partial charge in [0.1, 0.15) is 0 Å². The molecule has 0 aromatic heterocycles. The lowest BCUT2D eigenvalue weighted by molar-refractivity contribution is -0.120. The van der Waals surface area contributed by atoms with Crippen molar-refractivity contribution in [2.75, 3.05) is 6.54 Å².